The van der Waals surface area contributed by atoms with E-state index in [1.54, 1.807) is 24.3 Å². The largest absolute Gasteiger partial charge is 0.422 e. The van der Waals surface area contributed by atoms with E-state index in [0.717, 1.165) is 36.8 Å². The Morgan fingerprint density at radius 1 is 0.514 bits per heavy atom. The molecule has 4 aromatic carbocycles. The smallest absolute Gasteiger partial charge is 0.206 e. The Labute approximate surface area is 202 Å². The molecule has 0 N–H and O–H groups in total. The highest BCUT2D eigenvalue weighted by atomic mass is 19.4. The summed E-state index contributed by atoms with van der Waals surface area (Å²) in [4.78, 5) is 0. The lowest BCUT2D eigenvalue weighted by atomic mass is 9.97. The van der Waals surface area contributed by atoms with Gasteiger partial charge >= 0.3 is 6.18 Å². The Balaban J connectivity index is 1.43. The van der Waals surface area contributed by atoms with Crippen LogP contribution in [0.5, 0.6) is 0 Å². The van der Waals surface area contributed by atoms with Crippen molar-refractivity contribution in [3.63, 3.8) is 0 Å². The number of rotatable bonds is 7. The van der Waals surface area contributed by atoms with Crippen molar-refractivity contribution in [3.8, 4) is 22.3 Å². The van der Waals surface area contributed by atoms with Crippen LogP contribution in [0, 0.1) is 11.6 Å². The normalized spacial score (nSPS) is 11.6. The maximum atomic E-state index is 13.9. The zero-order chi connectivity index (χ0) is 25.0. The molecule has 0 bridgehead atoms. The summed E-state index contributed by atoms with van der Waals surface area (Å²) in [5, 5.41) is 0. The van der Waals surface area contributed by atoms with Crippen molar-refractivity contribution in [1.82, 2.24) is 0 Å². The predicted octanol–water partition coefficient (Wildman–Crippen LogP) is 9.06. The molecular formula is C30H25F5. The van der Waals surface area contributed by atoms with Crippen molar-refractivity contribution in [2.45, 2.75) is 38.8 Å². The first-order valence-corrected chi connectivity index (χ1v) is 11.6. The van der Waals surface area contributed by atoms with Gasteiger partial charge in [-0.25, -0.2) is 8.78 Å². The van der Waals surface area contributed by atoms with E-state index in [1.165, 1.54) is 16.7 Å². The van der Waals surface area contributed by atoms with Gasteiger partial charge in [-0.15, -0.1) is 0 Å². The molecule has 0 nitrogen and oxygen atoms in total. The Bertz CT molecular complexity index is 1250. The molecule has 35 heavy (non-hydrogen) atoms. The van der Waals surface area contributed by atoms with Crippen LogP contribution < -0.4 is 0 Å². The van der Waals surface area contributed by atoms with E-state index in [0.29, 0.717) is 17.7 Å². The number of benzene rings is 4. The third kappa shape index (κ3) is 5.97. The average molecular weight is 481 g/mol. The maximum absolute atomic E-state index is 13.9. The highest BCUT2D eigenvalue weighted by Gasteiger charge is 2.37. The van der Waals surface area contributed by atoms with Gasteiger partial charge in [0.1, 0.15) is 17.2 Å². The Morgan fingerprint density at radius 3 is 1.26 bits per heavy atom. The summed E-state index contributed by atoms with van der Waals surface area (Å²) < 4.78 is 66.3. The number of alkyl halides is 3. The second-order valence-corrected chi connectivity index (χ2v) is 8.65. The summed E-state index contributed by atoms with van der Waals surface area (Å²) in [6.45, 7) is 2.17. The van der Waals surface area contributed by atoms with Crippen LogP contribution >= 0.6 is 0 Å². The second kappa shape index (κ2) is 10.4. The van der Waals surface area contributed by atoms with E-state index in [4.69, 9.17) is 0 Å². The minimum atomic E-state index is -5.08. The molecule has 0 radical (unpaired) electrons. The number of halogens is 5. The Hall–Kier alpha value is -3.47. The van der Waals surface area contributed by atoms with Crippen LogP contribution in [0.4, 0.5) is 22.0 Å². The molecule has 0 unspecified atom stereocenters. The zero-order valence-corrected chi connectivity index (χ0v) is 19.3. The third-order valence-corrected chi connectivity index (χ3v) is 6.10. The molecule has 0 aliphatic rings. The minimum absolute atomic E-state index is 0.0534. The number of hydrogen-bond donors (Lipinski definition) is 0. The molecule has 4 aromatic rings. The van der Waals surface area contributed by atoms with E-state index in [9.17, 15) is 22.0 Å². The molecule has 0 saturated heterocycles. The molecule has 0 spiro atoms. The van der Waals surface area contributed by atoms with Gasteiger partial charge in [-0.05, 0) is 70.3 Å². The summed E-state index contributed by atoms with van der Waals surface area (Å²) in [7, 11) is 0. The van der Waals surface area contributed by atoms with E-state index < -0.39 is 23.4 Å². The molecule has 0 saturated carbocycles. The molecule has 0 fully saturated rings. The van der Waals surface area contributed by atoms with Gasteiger partial charge in [0.25, 0.3) is 0 Å². The van der Waals surface area contributed by atoms with Crippen molar-refractivity contribution in [2.24, 2.45) is 0 Å². The van der Waals surface area contributed by atoms with E-state index in [1.807, 2.05) is 12.1 Å². The van der Waals surface area contributed by atoms with E-state index >= 15 is 0 Å². The first kappa shape index (κ1) is 24.6. The van der Waals surface area contributed by atoms with Gasteiger partial charge in [0.05, 0.1) is 0 Å². The van der Waals surface area contributed by atoms with Gasteiger partial charge in [0.2, 0.25) is 0 Å². The fourth-order valence-electron chi connectivity index (χ4n) is 4.18. The quantitative estimate of drug-likeness (QED) is 0.232. The van der Waals surface area contributed by atoms with Crippen molar-refractivity contribution in [3.05, 3.63) is 119 Å². The van der Waals surface area contributed by atoms with Gasteiger partial charge in [-0.3, -0.25) is 0 Å². The van der Waals surface area contributed by atoms with Crippen LogP contribution in [0.15, 0.2) is 84.9 Å². The molecule has 0 aromatic heterocycles. The molecule has 4 rings (SSSR count). The highest BCUT2D eigenvalue weighted by Crippen LogP contribution is 2.36. The van der Waals surface area contributed by atoms with Gasteiger partial charge in [-0.1, -0.05) is 86.1 Å². The molecule has 0 amide bonds. The van der Waals surface area contributed by atoms with Crippen LogP contribution in [0.1, 0.15) is 35.6 Å². The molecule has 0 aliphatic carbocycles. The van der Waals surface area contributed by atoms with Crippen LogP contribution in [-0.2, 0) is 25.4 Å². The van der Waals surface area contributed by atoms with Crippen LogP contribution in [0.25, 0.3) is 22.3 Å². The lowest BCUT2D eigenvalue weighted by Crippen LogP contribution is -2.11. The second-order valence-electron chi connectivity index (χ2n) is 8.65. The predicted molar refractivity (Wildman–Crippen MR) is 130 cm³/mol. The highest BCUT2D eigenvalue weighted by molar-refractivity contribution is 5.71. The lowest BCUT2D eigenvalue weighted by molar-refractivity contribution is -0.142. The van der Waals surface area contributed by atoms with E-state index in [-0.39, 0.29) is 5.56 Å². The van der Waals surface area contributed by atoms with Crippen LogP contribution in [-0.4, -0.2) is 0 Å². The standard InChI is InChI=1S/C30H25F5/c1-2-3-20-4-6-21(7-5-20)8-9-22-10-12-23(13-11-22)24-14-16-25(17-15-24)26-18-27(31)29(28(32)19-26)30(33,34)35/h4-7,10-19H,2-3,8-9H2,1H3. The van der Waals surface area contributed by atoms with Crippen molar-refractivity contribution >= 4 is 0 Å². The molecule has 180 valence electrons. The monoisotopic (exact) mass is 480 g/mol. The maximum Gasteiger partial charge on any atom is 0.422 e. The average Bonchev–Trinajstić information content (AvgIpc) is 2.83. The summed E-state index contributed by atoms with van der Waals surface area (Å²) in [6, 6.07) is 25.3. The van der Waals surface area contributed by atoms with Gasteiger partial charge < -0.3 is 0 Å². The van der Waals surface area contributed by atoms with E-state index in [2.05, 4.69) is 43.3 Å². The third-order valence-electron chi connectivity index (χ3n) is 6.10. The first-order valence-electron chi connectivity index (χ1n) is 11.6. The first-order chi connectivity index (χ1) is 16.7. The fourth-order valence-corrected chi connectivity index (χ4v) is 4.18. The summed E-state index contributed by atoms with van der Waals surface area (Å²) in [5.41, 5.74) is 4.39. The molecular weight excluding hydrogens is 455 g/mol. The number of hydrogen-bond acceptors (Lipinski definition) is 0. The van der Waals surface area contributed by atoms with Crippen molar-refractivity contribution in [2.75, 3.05) is 0 Å². The zero-order valence-electron chi connectivity index (χ0n) is 19.3. The SMILES string of the molecule is CCCc1ccc(CCc2ccc(-c3ccc(-c4cc(F)c(C(F)(F)F)c(F)c4)cc3)cc2)cc1. The Morgan fingerprint density at radius 2 is 0.857 bits per heavy atom. The summed E-state index contributed by atoms with van der Waals surface area (Å²) >= 11 is 0. The van der Waals surface area contributed by atoms with Crippen LogP contribution in [0.3, 0.4) is 0 Å². The fraction of sp³-hybridized carbons (Fsp3) is 0.200. The lowest BCUT2D eigenvalue weighted by Gasteiger charge is -2.12. The number of aryl methyl sites for hydroxylation is 3. The Kier molecular flexibility index (Phi) is 7.34. The molecule has 0 aliphatic heterocycles. The molecule has 0 heterocycles. The topological polar surface area (TPSA) is 0 Å². The van der Waals surface area contributed by atoms with Gasteiger partial charge in [-0.2, -0.15) is 13.2 Å². The minimum Gasteiger partial charge on any atom is -0.206 e. The molecule has 0 atom stereocenters. The van der Waals surface area contributed by atoms with Crippen molar-refractivity contribution < 1.29 is 22.0 Å². The summed E-state index contributed by atoms with van der Waals surface area (Å²) in [6.07, 6.45) is -0.957. The molecule has 5 heteroatoms. The van der Waals surface area contributed by atoms with Gasteiger partial charge in [0, 0.05) is 0 Å². The van der Waals surface area contributed by atoms with Gasteiger partial charge in [0.15, 0.2) is 0 Å². The van der Waals surface area contributed by atoms with Crippen LogP contribution in [0.2, 0.25) is 0 Å². The summed E-state index contributed by atoms with van der Waals surface area (Å²) in [5.74, 6) is -3.24. The van der Waals surface area contributed by atoms with Crippen molar-refractivity contribution in [1.29, 1.82) is 0 Å².